The van der Waals surface area contributed by atoms with Gasteiger partial charge in [-0.2, -0.15) is 0 Å². The minimum atomic E-state index is -0.180. The van der Waals surface area contributed by atoms with Crippen LogP contribution >= 0.6 is 0 Å². The van der Waals surface area contributed by atoms with Crippen molar-refractivity contribution in [1.29, 1.82) is 0 Å². The normalized spacial score (nSPS) is 11.1. The molecule has 0 atom stereocenters. The highest BCUT2D eigenvalue weighted by Gasteiger charge is 2.07. The van der Waals surface area contributed by atoms with E-state index >= 15 is 0 Å². The molecule has 0 aromatic heterocycles. The minimum absolute atomic E-state index is 0.180. The summed E-state index contributed by atoms with van der Waals surface area (Å²) in [7, 11) is 0. The van der Waals surface area contributed by atoms with E-state index in [0.717, 1.165) is 23.1 Å². The Hall–Kier alpha value is -1.67. The third-order valence-corrected chi connectivity index (χ3v) is 3.41. The Morgan fingerprint density at radius 1 is 1.10 bits per heavy atom. The maximum Gasteiger partial charge on any atom is 0.123 e. The van der Waals surface area contributed by atoms with Crippen molar-refractivity contribution < 1.29 is 4.39 Å². The molecule has 0 spiro atoms. The van der Waals surface area contributed by atoms with Gasteiger partial charge in [0, 0.05) is 12.6 Å². The van der Waals surface area contributed by atoms with Gasteiger partial charge in [-0.05, 0) is 40.8 Å². The number of hydrogen-bond donors (Lipinski definition) is 1. The van der Waals surface area contributed by atoms with Gasteiger partial charge in [-0.15, -0.1) is 0 Å². The maximum atomic E-state index is 13.5. The molecule has 0 aliphatic heterocycles. The summed E-state index contributed by atoms with van der Waals surface area (Å²) >= 11 is 0. The Morgan fingerprint density at radius 3 is 2.60 bits per heavy atom. The molecular weight excluding hydrogens is 249 g/mol. The van der Waals surface area contributed by atoms with Crippen LogP contribution in [-0.4, -0.2) is 6.04 Å². The molecule has 0 amide bonds. The monoisotopic (exact) mass is 271 g/mol. The highest BCUT2D eigenvalue weighted by molar-refractivity contribution is 5.68. The summed E-state index contributed by atoms with van der Waals surface area (Å²) in [5.74, 6) is -0.180. The molecule has 0 aliphatic rings. The predicted molar refractivity (Wildman–Crippen MR) is 83.2 cm³/mol. The van der Waals surface area contributed by atoms with E-state index < -0.39 is 0 Å². The average Bonchev–Trinajstić information content (AvgIpc) is 2.45. The second kappa shape index (κ2) is 6.67. The van der Waals surface area contributed by atoms with Crippen LogP contribution in [0.4, 0.5) is 4.39 Å². The van der Waals surface area contributed by atoms with E-state index in [4.69, 9.17) is 0 Å². The summed E-state index contributed by atoms with van der Waals surface area (Å²) in [6.45, 7) is 7.01. The summed E-state index contributed by atoms with van der Waals surface area (Å²) < 4.78 is 13.5. The third kappa shape index (κ3) is 3.67. The predicted octanol–water partition coefficient (Wildman–Crippen LogP) is 4.55. The summed E-state index contributed by atoms with van der Waals surface area (Å²) in [6.07, 6.45) is 1.01. The van der Waals surface area contributed by atoms with Crippen molar-refractivity contribution in [3.8, 4) is 11.1 Å². The van der Waals surface area contributed by atoms with E-state index in [2.05, 4.69) is 50.4 Å². The van der Waals surface area contributed by atoms with Gasteiger partial charge >= 0.3 is 0 Å². The quantitative estimate of drug-likeness (QED) is 0.841. The van der Waals surface area contributed by atoms with E-state index in [0.29, 0.717) is 12.6 Å². The molecule has 0 fully saturated rings. The van der Waals surface area contributed by atoms with Gasteiger partial charge in [-0.1, -0.05) is 51.1 Å². The van der Waals surface area contributed by atoms with Gasteiger partial charge in [0.2, 0.25) is 0 Å². The van der Waals surface area contributed by atoms with E-state index in [-0.39, 0.29) is 5.82 Å². The van der Waals surface area contributed by atoms with Gasteiger partial charge in [0.15, 0.2) is 0 Å². The Morgan fingerprint density at radius 2 is 1.90 bits per heavy atom. The lowest BCUT2D eigenvalue weighted by atomic mass is 9.97. The van der Waals surface area contributed by atoms with Crippen LogP contribution in [0.5, 0.6) is 0 Å². The maximum absolute atomic E-state index is 13.5. The van der Waals surface area contributed by atoms with E-state index in [1.165, 1.54) is 11.6 Å². The zero-order valence-corrected chi connectivity index (χ0v) is 12.4. The molecule has 20 heavy (non-hydrogen) atoms. The van der Waals surface area contributed by atoms with Crippen LogP contribution in [0.3, 0.4) is 0 Å². The molecule has 2 aromatic rings. The fraction of sp³-hybridized carbons (Fsp3) is 0.333. The second-order valence-electron chi connectivity index (χ2n) is 5.39. The summed E-state index contributed by atoms with van der Waals surface area (Å²) in [6, 6.07) is 13.9. The van der Waals surface area contributed by atoms with Crippen LogP contribution in [0.1, 0.15) is 31.9 Å². The zero-order valence-electron chi connectivity index (χ0n) is 12.4. The Bertz CT molecular complexity index is 575. The Labute approximate surface area is 120 Å². The van der Waals surface area contributed by atoms with Gasteiger partial charge in [0.05, 0.1) is 0 Å². The number of halogens is 1. The van der Waals surface area contributed by atoms with Crippen molar-refractivity contribution in [3.05, 3.63) is 59.4 Å². The molecule has 0 radical (unpaired) electrons. The van der Waals surface area contributed by atoms with Crippen molar-refractivity contribution in [2.24, 2.45) is 0 Å². The first-order chi connectivity index (χ1) is 9.60. The molecule has 2 heteroatoms. The lowest BCUT2D eigenvalue weighted by Crippen LogP contribution is -2.22. The average molecular weight is 271 g/mol. The molecular formula is C18H22FN. The van der Waals surface area contributed by atoms with Gasteiger partial charge < -0.3 is 5.32 Å². The fourth-order valence-electron chi connectivity index (χ4n) is 2.26. The summed E-state index contributed by atoms with van der Waals surface area (Å²) in [5.41, 5.74) is 4.57. The van der Waals surface area contributed by atoms with E-state index in [1.54, 1.807) is 6.07 Å². The lowest BCUT2D eigenvalue weighted by Gasteiger charge is -2.14. The van der Waals surface area contributed by atoms with Gasteiger partial charge in [-0.25, -0.2) is 4.39 Å². The van der Waals surface area contributed by atoms with Gasteiger partial charge in [0.1, 0.15) is 5.82 Å². The Balaban J connectivity index is 2.38. The molecule has 1 N–H and O–H groups in total. The number of rotatable bonds is 5. The molecule has 0 unspecified atom stereocenters. The van der Waals surface area contributed by atoms with Crippen molar-refractivity contribution in [1.82, 2.24) is 5.32 Å². The largest absolute Gasteiger partial charge is 0.310 e. The number of hydrogen-bond acceptors (Lipinski definition) is 1. The van der Waals surface area contributed by atoms with Crippen LogP contribution in [0, 0.1) is 5.82 Å². The molecule has 2 rings (SSSR count). The highest BCUT2D eigenvalue weighted by Crippen LogP contribution is 2.25. The molecule has 0 aliphatic carbocycles. The summed E-state index contributed by atoms with van der Waals surface area (Å²) in [4.78, 5) is 0. The zero-order chi connectivity index (χ0) is 14.5. The fourth-order valence-corrected chi connectivity index (χ4v) is 2.26. The Kier molecular flexibility index (Phi) is 4.91. The molecule has 0 saturated heterocycles. The molecule has 2 aromatic carbocycles. The van der Waals surface area contributed by atoms with E-state index in [9.17, 15) is 4.39 Å². The minimum Gasteiger partial charge on any atom is -0.310 e. The van der Waals surface area contributed by atoms with Gasteiger partial charge in [0.25, 0.3) is 0 Å². The van der Waals surface area contributed by atoms with Crippen molar-refractivity contribution in [2.75, 3.05) is 0 Å². The van der Waals surface area contributed by atoms with Crippen molar-refractivity contribution >= 4 is 0 Å². The van der Waals surface area contributed by atoms with Crippen molar-refractivity contribution in [2.45, 2.75) is 39.8 Å². The van der Waals surface area contributed by atoms with Crippen LogP contribution in [-0.2, 0) is 13.0 Å². The van der Waals surface area contributed by atoms with Gasteiger partial charge in [-0.3, -0.25) is 0 Å². The van der Waals surface area contributed by atoms with Crippen LogP contribution in [0.2, 0.25) is 0 Å². The van der Waals surface area contributed by atoms with Crippen LogP contribution < -0.4 is 5.32 Å². The number of benzene rings is 2. The first-order valence-electron chi connectivity index (χ1n) is 7.21. The molecule has 0 saturated carbocycles. The van der Waals surface area contributed by atoms with Crippen LogP contribution in [0.25, 0.3) is 11.1 Å². The molecule has 0 bridgehead atoms. The first-order valence-corrected chi connectivity index (χ1v) is 7.21. The summed E-state index contributed by atoms with van der Waals surface area (Å²) in [5, 5.41) is 3.36. The number of nitrogens with one attached hydrogen (secondary N) is 1. The molecule has 106 valence electrons. The molecule has 1 nitrogen and oxygen atoms in total. The van der Waals surface area contributed by atoms with E-state index in [1.807, 2.05) is 6.07 Å². The lowest BCUT2D eigenvalue weighted by molar-refractivity contribution is 0.582. The topological polar surface area (TPSA) is 12.0 Å². The van der Waals surface area contributed by atoms with Crippen molar-refractivity contribution in [3.63, 3.8) is 0 Å². The smallest absolute Gasteiger partial charge is 0.123 e. The van der Waals surface area contributed by atoms with Crippen LogP contribution in [0.15, 0.2) is 42.5 Å². The molecule has 0 heterocycles. The SMILES string of the molecule is CCc1cccc(-c2ccc(F)cc2CNC(C)C)c1. The second-order valence-corrected chi connectivity index (χ2v) is 5.39. The highest BCUT2D eigenvalue weighted by atomic mass is 19.1. The third-order valence-electron chi connectivity index (χ3n) is 3.41. The number of aryl methyl sites for hydroxylation is 1. The first kappa shape index (κ1) is 14.7. The standard InChI is InChI=1S/C18H22FN/c1-4-14-6-5-7-15(10-14)18-9-8-17(19)11-16(18)12-20-13(2)3/h5-11,13,20H,4,12H2,1-3H3.